The van der Waals surface area contributed by atoms with Gasteiger partial charge in [0.2, 0.25) is 0 Å². The van der Waals surface area contributed by atoms with E-state index in [4.69, 9.17) is 32.1 Å². The van der Waals surface area contributed by atoms with Crippen molar-refractivity contribution in [3.8, 4) is 17.6 Å². The van der Waals surface area contributed by atoms with Gasteiger partial charge in [0.05, 0.1) is 23.1 Å². The van der Waals surface area contributed by atoms with Crippen LogP contribution in [0.3, 0.4) is 0 Å². The van der Waals surface area contributed by atoms with Gasteiger partial charge in [0.1, 0.15) is 17.6 Å². The van der Waals surface area contributed by atoms with Crippen molar-refractivity contribution in [3.05, 3.63) is 45.1 Å². The van der Waals surface area contributed by atoms with Gasteiger partial charge >= 0.3 is 0 Å². The Morgan fingerprint density at radius 2 is 2.10 bits per heavy atom. The van der Waals surface area contributed by atoms with Crippen molar-refractivity contribution in [2.45, 2.75) is 6.10 Å². The van der Waals surface area contributed by atoms with Crippen molar-refractivity contribution in [2.75, 3.05) is 13.7 Å². The number of ether oxygens (including phenoxy) is 2. The number of nitrogens with two attached hydrogens (primary N) is 1. The highest BCUT2D eigenvalue weighted by Gasteiger charge is 2.15. The zero-order chi connectivity index (χ0) is 14.5. The average Bonchev–Trinajstić information content (AvgIpc) is 2.90. The number of nitrogens with zero attached hydrogens (tertiary/aromatic N) is 1. The van der Waals surface area contributed by atoms with Crippen molar-refractivity contribution in [1.82, 2.24) is 0 Å². The number of thiophene rings is 1. The topological polar surface area (TPSA) is 68.3 Å². The van der Waals surface area contributed by atoms with Crippen molar-refractivity contribution in [3.63, 3.8) is 0 Å². The van der Waals surface area contributed by atoms with Crippen LogP contribution in [0.1, 0.15) is 16.5 Å². The standard InChI is InChI=1S/C14H13ClN2O2S/c1-18-10-4-9(7-16)5-11(6-10)19-12(8-17)13-2-3-14(15)20-13/h2-6,12H,8,17H2,1H3. The molecule has 1 aromatic heterocycles. The Morgan fingerprint density at radius 3 is 2.65 bits per heavy atom. The Hall–Kier alpha value is -1.74. The molecule has 0 aliphatic rings. The van der Waals surface area contributed by atoms with Crippen molar-refractivity contribution >= 4 is 22.9 Å². The van der Waals surface area contributed by atoms with Crippen LogP contribution in [0.25, 0.3) is 0 Å². The van der Waals surface area contributed by atoms with Gasteiger partial charge in [0.15, 0.2) is 0 Å². The van der Waals surface area contributed by atoms with E-state index in [1.165, 1.54) is 11.3 Å². The van der Waals surface area contributed by atoms with Gasteiger partial charge in [-0.05, 0) is 24.3 Å². The number of methoxy groups -OCH3 is 1. The second-order valence-electron chi connectivity index (χ2n) is 3.99. The lowest BCUT2D eigenvalue weighted by molar-refractivity contribution is 0.217. The molecule has 2 rings (SSSR count). The zero-order valence-electron chi connectivity index (χ0n) is 10.8. The fourth-order valence-electron chi connectivity index (χ4n) is 1.71. The molecule has 20 heavy (non-hydrogen) atoms. The molecule has 0 aliphatic heterocycles. The molecule has 0 saturated heterocycles. The molecule has 0 aliphatic carbocycles. The molecule has 6 heteroatoms. The Bertz CT molecular complexity index is 636. The molecule has 1 heterocycles. The minimum absolute atomic E-state index is 0.300. The van der Waals surface area contributed by atoms with Crippen molar-refractivity contribution in [1.29, 1.82) is 5.26 Å². The molecular formula is C14H13ClN2O2S. The quantitative estimate of drug-likeness (QED) is 0.919. The van der Waals surface area contributed by atoms with Crippen LogP contribution in [-0.2, 0) is 0 Å². The molecule has 1 aromatic carbocycles. The van der Waals surface area contributed by atoms with Crippen LogP contribution < -0.4 is 15.2 Å². The average molecular weight is 309 g/mol. The van der Waals surface area contributed by atoms with Gasteiger partial charge in [0, 0.05) is 17.5 Å². The van der Waals surface area contributed by atoms with E-state index in [9.17, 15) is 0 Å². The molecule has 1 unspecified atom stereocenters. The number of nitriles is 1. The summed E-state index contributed by atoms with van der Waals surface area (Å²) in [7, 11) is 1.54. The maximum absolute atomic E-state index is 8.99. The fraction of sp³-hybridized carbons (Fsp3) is 0.214. The molecule has 0 fully saturated rings. The first-order valence-electron chi connectivity index (χ1n) is 5.87. The van der Waals surface area contributed by atoms with E-state index in [0.29, 0.717) is 27.9 Å². The molecule has 0 radical (unpaired) electrons. The lowest BCUT2D eigenvalue weighted by Crippen LogP contribution is -2.17. The summed E-state index contributed by atoms with van der Waals surface area (Å²) in [6, 6.07) is 10.8. The Kier molecular flexibility index (Phi) is 4.85. The van der Waals surface area contributed by atoms with E-state index in [2.05, 4.69) is 6.07 Å². The number of hydrogen-bond donors (Lipinski definition) is 1. The predicted octanol–water partition coefficient (Wildman–Crippen LogP) is 3.36. The highest BCUT2D eigenvalue weighted by Crippen LogP contribution is 2.31. The maximum Gasteiger partial charge on any atom is 0.145 e. The van der Waals surface area contributed by atoms with E-state index >= 15 is 0 Å². The minimum atomic E-state index is -0.300. The summed E-state index contributed by atoms with van der Waals surface area (Å²) in [6.07, 6.45) is -0.300. The monoisotopic (exact) mass is 308 g/mol. The summed E-state index contributed by atoms with van der Waals surface area (Å²) >= 11 is 7.34. The molecular weight excluding hydrogens is 296 g/mol. The highest BCUT2D eigenvalue weighted by molar-refractivity contribution is 7.16. The normalized spacial score (nSPS) is 11.7. The summed E-state index contributed by atoms with van der Waals surface area (Å²) < 4.78 is 11.7. The molecule has 0 bridgehead atoms. The van der Waals surface area contributed by atoms with Crippen LogP contribution >= 0.6 is 22.9 Å². The summed E-state index contributed by atoms with van der Waals surface area (Å²) in [6.45, 7) is 0.315. The smallest absolute Gasteiger partial charge is 0.145 e. The lowest BCUT2D eigenvalue weighted by Gasteiger charge is -2.16. The molecule has 1 atom stereocenters. The van der Waals surface area contributed by atoms with Gasteiger partial charge in [-0.25, -0.2) is 0 Å². The molecule has 4 nitrogen and oxygen atoms in total. The van der Waals surface area contributed by atoms with Crippen LogP contribution in [0.15, 0.2) is 30.3 Å². The van der Waals surface area contributed by atoms with Crippen LogP contribution in [0.5, 0.6) is 11.5 Å². The van der Waals surface area contributed by atoms with Crippen LogP contribution in [0.2, 0.25) is 4.34 Å². The predicted molar refractivity (Wildman–Crippen MR) is 79.5 cm³/mol. The Labute approximate surface area is 126 Å². The van der Waals surface area contributed by atoms with Crippen LogP contribution in [0, 0.1) is 11.3 Å². The summed E-state index contributed by atoms with van der Waals surface area (Å²) in [5.74, 6) is 1.11. The van der Waals surface area contributed by atoms with E-state index < -0.39 is 0 Å². The van der Waals surface area contributed by atoms with E-state index in [1.54, 1.807) is 31.4 Å². The first-order chi connectivity index (χ1) is 9.66. The first-order valence-corrected chi connectivity index (χ1v) is 7.07. The van der Waals surface area contributed by atoms with E-state index in [-0.39, 0.29) is 6.10 Å². The largest absolute Gasteiger partial charge is 0.497 e. The van der Waals surface area contributed by atoms with Crippen LogP contribution in [0.4, 0.5) is 0 Å². The fourth-order valence-corrected chi connectivity index (χ4v) is 2.81. The maximum atomic E-state index is 8.99. The SMILES string of the molecule is COc1cc(C#N)cc(OC(CN)c2ccc(Cl)s2)c1. The summed E-state index contributed by atoms with van der Waals surface area (Å²) in [5.41, 5.74) is 6.22. The first kappa shape index (κ1) is 14.7. The van der Waals surface area contributed by atoms with E-state index in [0.717, 1.165) is 4.88 Å². The molecule has 2 aromatic rings. The number of rotatable bonds is 5. The number of benzene rings is 1. The van der Waals surface area contributed by atoms with Gasteiger partial charge in [-0.3, -0.25) is 0 Å². The third-order valence-electron chi connectivity index (χ3n) is 2.65. The minimum Gasteiger partial charge on any atom is -0.497 e. The van der Waals surface area contributed by atoms with Gasteiger partial charge in [-0.2, -0.15) is 5.26 Å². The van der Waals surface area contributed by atoms with Gasteiger partial charge in [0.25, 0.3) is 0 Å². The summed E-state index contributed by atoms with van der Waals surface area (Å²) in [4.78, 5) is 0.943. The Balaban J connectivity index is 2.25. The highest BCUT2D eigenvalue weighted by atomic mass is 35.5. The lowest BCUT2D eigenvalue weighted by atomic mass is 10.2. The molecule has 0 spiro atoms. The molecule has 2 N–H and O–H groups in total. The molecule has 0 saturated carbocycles. The van der Waals surface area contributed by atoms with E-state index in [1.807, 2.05) is 6.07 Å². The van der Waals surface area contributed by atoms with Gasteiger partial charge < -0.3 is 15.2 Å². The van der Waals surface area contributed by atoms with Gasteiger partial charge in [-0.15, -0.1) is 11.3 Å². The molecule has 104 valence electrons. The number of halogens is 1. The third kappa shape index (κ3) is 3.42. The van der Waals surface area contributed by atoms with Crippen LogP contribution in [-0.4, -0.2) is 13.7 Å². The zero-order valence-corrected chi connectivity index (χ0v) is 12.4. The number of hydrogen-bond acceptors (Lipinski definition) is 5. The Morgan fingerprint density at radius 1 is 1.35 bits per heavy atom. The second kappa shape index (κ2) is 6.62. The van der Waals surface area contributed by atoms with Crippen molar-refractivity contribution in [2.24, 2.45) is 5.73 Å². The third-order valence-corrected chi connectivity index (χ3v) is 3.97. The second-order valence-corrected chi connectivity index (χ2v) is 5.74. The van der Waals surface area contributed by atoms with Crippen molar-refractivity contribution < 1.29 is 9.47 Å². The molecule has 0 amide bonds. The summed E-state index contributed by atoms with van der Waals surface area (Å²) in [5, 5.41) is 8.99. The van der Waals surface area contributed by atoms with Gasteiger partial charge in [-0.1, -0.05) is 11.6 Å².